The summed E-state index contributed by atoms with van der Waals surface area (Å²) in [7, 11) is 1.51. The lowest BCUT2D eigenvalue weighted by molar-refractivity contribution is -0.236. The van der Waals surface area contributed by atoms with Gasteiger partial charge in [-0.05, 0) is 36.3 Å². The van der Waals surface area contributed by atoms with Gasteiger partial charge in [-0.2, -0.15) is 18.1 Å². The average Bonchev–Trinajstić information content (AvgIpc) is 3.22. The van der Waals surface area contributed by atoms with Crippen molar-refractivity contribution in [2.75, 3.05) is 20.3 Å². The van der Waals surface area contributed by atoms with Gasteiger partial charge in [-0.3, -0.25) is 4.79 Å². The van der Waals surface area contributed by atoms with Crippen LogP contribution in [0.4, 0.5) is 13.2 Å². The van der Waals surface area contributed by atoms with Crippen LogP contribution < -0.4 is 10.1 Å². The molecule has 1 unspecified atom stereocenters. The number of carbonyl (C=O) groups excluding carboxylic acids is 1. The number of ether oxygens (including phenoxy) is 1. The lowest BCUT2D eigenvalue weighted by atomic mass is 9.94. The van der Waals surface area contributed by atoms with Crippen molar-refractivity contribution >= 4 is 5.91 Å². The van der Waals surface area contributed by atoms with Gasteiger partial charge in [-0.25, -0.2) is 0 Å². The van der Waals surface area contributed by atoms with E-state index >= 15 is 0 Å². The van der Waals surface area contributed by atoms with E-state index in [1.54, 1.807) is 30.3 Å². The standard InChI is InChI=1S/C21H20F3NO4/c1-27-17-5-3-2-4-16(17)19(18-11-13-28-29-18)20(26)25-12-10-14-6-8-15(9-7-14)21(22,23)24/h2-9,11,19H,10,12-13H2,1H3,(H,25,26). The number of amides is 1. The molecule has 1 amide bonds. The van der Waals surface area contributed by atoms with Crippen molar-refractivity contribution in [3.8, 4) is 5.75 Å². The number of methoxy groups -OCH3 is 1. The largest absolute Gasteiger partial charge is 0.496 e. The highest BCUT2D eigenvalue weighted by atomic mass is 19.4. The predicted octanol–water partition coefficient (Wildman–Crippen LogP) is 4.00. The fourth-order valence-corrected chi connectivity index (χ4v) is 3.04. The van der Waals surface area contributed by atoms with E-state index in [0.717, 1.165) is 12.1 Å². The van der Waals surface area contributed by atoms with Gasteiger partial charge >= 0.3 is 6.18 Å². The SMILES string of the molecule is COc1ccccc1C(C(=O)NCCc1ccc(C(F)(F)F)cc1)C1=CCOO1. The fourth-order valence-electron chi connectivity index (χ4n) is 3.04. The number of rotatable bonds is 7. The molecule has 0 aliphatic carbocycles. The molecule has 1 aliphatic rings. The zero-order valence-electron chi connectivity index (χ0n) is 15.7. The first-order valence-electron chi connectivity index (χ1n) is 8.96. The highest BCUT2D eigenvalue weighted by molar-refractivity contribution is 5.87. The van der Waals surface area contributed by atoms with Crippen LogP contribution >= 0.6 is 0 Å². The molecule has 2 aromatic rings. The van der Waals surface area contributed by atoms with E-state index in [9.17, 15) is 18.0 Å². The van der Waals surface area contributed by atoms with E-state index in [0.29, 0.717) is 29.1 Å². The summed E-state index contributed by atoms with van der Waals surface area (Å²) in [5.41, 5.74) is 0.609. The van der Waals surface area contributed by atoms with Gasteiger partial charge in [0, 0.05) is 12.1 Å². The minimum atomic E-state index is -4.37. The molecule has 5 nitrogen and oxygen atoms in total. The van der Waals surface area contributed by atoms with E-state index < -0.39 is 17.7 Å². The summed E-state index contributed by atoms with van der Waals surface area (Å²) >= 11 is 0. The molecule has 29 heavy (non-hydrogen) atoms. The number of hydrogen-bond acceptors (Lipinski definition) is 4. The Hall–Kier alpha value is -3.00. The van der Waals surface area contributed by atoms with Crippen LogP contribution in [0.3, 0.4) is 0 Å². The zero-order valence-corrected chi connectivity index (χ0v) is 15.7. The molecule has 3 rings (SSSR count). The van der Waals surface area contributed by atoms with Crippen LogP contribution in [0, 0.1) is 0 Å². The van der Waals surface area contributed by atoms with Gasteiger partial charge in [0.05, 0.1) is 12.7 Å². The second-order valence-electron chi connectivity index (χ2n) is 6.39. The molecule has 0 fully saturated rings. The quantitative estimate of drug-likeness (QED) is 0.705. The monoisotopic (exact) mass is 407 g/mol. The molecule has 2 aromatic carbocycles. The summed E-state index contributed by atoms with van der Waals surface area (Å²) in [6.45, 7) is 0.490. The minimum absolute atomic E-state index is 0.236. The maximum absolute atomic E-state index is 12.9. The molecule has 0 bridgehead atoms. The Morgan fingerprint density at radius 2 is 1.90 bits per heavy atom. The summed E-state index contributed by atoms with van der Waals surface area (Å²) in [4.78, 5) is 22.9. The first kappa shape index (κ1) is 20.7. The molecule has 154 valence electrons. The highest BCUT2D eigenvalue weighted by Gasteiger charge is 2.32. The Kier molecular flexibility index (Phi) is 6.43. The summed E-state index contributed by atoms with van der Waals surface area (Å²) < 4.78 is 43.3. The predicted molar refractivity (Wildman–Crippen MR) is 99.0 cm³/mol. The Bertz CT molecular complexity index is 878. The van der Waals surface area contributed by atoms with Crippen LogP contribution in [0.15, 0.2) is 60.4 Å². The zero-order chi connectivity index (χ0) is 20.9. The lowest BCUT2D eigenvalue weighted by Crippen LogP contribution is -2.32. The van der Waals surface area contributed by atoms with Gasteiger partial charge in [0.15, 0.2) is 5.76 Å². The minimum Gasteiger partial charge on any atom is -0.496 e. The van der Waals surface area contributed by atoms with Crippen LogP contribution in [0.5, 0.6) is 5.75 Å². The maximum atomic E-state index is 12.9. The van der Waals surface area contributed by atoms with Crippen molar-refractivity contribution in [3.05, 3.63) is 77.1 Å². The third kappa shape index (κ3) is 5.08. The van der Waals surface area contributed by atoms with Crippen LogP contribution in [-0.2, 0) is 27.2 Å². The molecule has 8 heteroatoms. The Labute approximate surface area is 166 Å². The summed E-state index contributed by atoms with van der Waals surface area (Å²) in [6.07, 6.45) is -2.31. The Balaban J connectivity index is 1.68. The van der Waals surface area contributed by atoms with E-state index in [4.69, 9.17) is 14.5 Å². The number of carbonyl (C=O) groups is 1. The summed E-state index contributed by atoms with van der Waals surface area (Å²) in [6, 6.07) is 12.0. The first-order valence-corrected chi connectivity index (χ1v) is 8.96. The van der Waals surface area contributed by atoms with Gasteiger partial charge in [-0.15, -0.1) is 0 Å². The number of hydrogen-bond donors (Lipinski definition) is 1. The second-order valence-corrected chi connectivity index (χ2v) is 6.39. The number of alkyl halides is 3. The molecule has 0 aromatic heterocycles. The van der Waals surface area contributed by atoms with E-state index in [2.05, 4.69) is 5.32 Å². The third-order valence-corrected chi connectivity index (χ3v) is 4.50. The average molecular weight is 407 g/mol. The van der Waals surface area contributed by atoms with Crippen LogP contribution in [0.1, 0.15) is 22.6 Å². The van der Waals surface area contributed by atoms with Gasteiger partial charge in [0.2, 0.25) is 5.91 Å². The summed E-state index contributed by atoms with van der Waals surface area (Å²) in [5.74, 6) is -0.187. The van der Waals surface area contributed by atoms with Gasteiger partial charge in [0.1, 0.15) is 18.3 Å². The van der Waals surface area contributed by atoms with Gasteiger partial charge in [-0.1, -0.05) is 30.3 Å². The first-order chi connectivity index (χ1) is 13.9. The lowest BCUT2D eigenvalue weighted by Gasteiger charge is -2.19. The fraction of sp³-hybridized carbons (Fsp3) is 0.286. The second kappa shape index (κ2) is 9.00. The highest BCUT2D eigenvalue weighted by Crippen LogP contribution is 2.34. The number of nitrogens with one attached hydrogen (secondary N) is 1. The normalized spacial score (nSPS) is 14.7. The molecular formula is C21H20F3NO4. The number of para-hydroxylation sites is 1. The van der Waals surface area contributed by atoms with Crippen molar-refractivity contribution in [1.82, 2.24) is 5.32 Å². The molecule has 1 N–H and O–H groups in total. The molecule has 1 atom stereocenters. The molecule has 1 heterocycles. The van der Waals surface area contributed by atoms with Crippen molar-refractivity contribution in [2.24, 2.45) is 0 Å². The van der Waals surface area contributed by atoms with Crippen molar-refractivity contribution in [3.63, 3.8) is 0 Å². The van der Waals surface area contributed by atoms with E-state index in [1.807, 2.05) is 0 Å². The molecule has 0 saturated heterocycles. The topological polar surface area (TPSA) is 56.8 Å². The van der Waals surface area contributed by atoms with Crippen molar-refractivity contribution < 1.29 is 32.5 Å². The molecule has 0 saturated carbocycles. The van der Waals surface area contributed by atoms with Crippen LogP contribution in [0.2, 0.25) is 0 Å². The maximum Gasteiger partial charge on any atom is 0.416 e. The van der Waals surface area contributed by atoms with E-state index in [1.165, 1.54) is 19.2 Å². The Morgan fingerprint density at radius 3 is 2.52 bits per heavy atom. The molecule has 1 aliphatic heterocycles. The van der Waals surface area contributed by atoms with Crippen LogP contribution in [0.25, 0.3) is 0 Å². The number of benzene rings is 2. The van der Waals surface area contributed by atoms with Gasteiger partial charge in [0.25, 0.3) is 0 Å². The Morgan fingerprint density at radius 1 is 1.17 bits per heavy atom. The van der Waals surface area contributed by atoms with E-state index in [-0.39, 0.29) is 19.1 Å². The molecular weight excluding hydrogens is 387 g/mol. The molecule has 0 spiro atoms. The molecule has 0 radical (unpaired) electrons. The summed E-state index contributed by atoms with van der Waals surface area (Å²) in [5, 5.41) is 2.81. The van der Waals surface area contributed by atoms with Crippen molar-refractivity contribution in [1.29, 1.82) is 0 Å². The third-order valence-electron chi connectivity index (χ3n) is 4.50. The van der Waals surface area contributed by atoms with Crippen LogP contribution in [-0.4, -0.2) is 26.2 Å². The number of halogens is 3. The van der Waals surface area contributed by atoms with Gasteiger partial charge < -0.3 is 14.9 Å². The van der Waals surface area contributed by atoms with Crippen molar-refractivity contribution in [2.45, 2.75) is 18.5 Å². The smallest absolute Gasteiger partial charge is 0.416 e.